The molecule has 1 heterocycles. The maximum atomic E-state index is 5.90. The van der Waals surface area contributed by atoms with Crippen LogP contribution in [0.15, 0.2) is 60.7 Å². The molecule has 0 saturated carbocycles. The fourth-order valence-electron chi connectivity index (χ4n) is 3.72. The Morgan fingerprint density at radius 1 is 0.867 bits per heavy atom. The first-order valence-corrected chi connectivity index (χ1v) is 10.3. The molecule has 0 spiro atoms. The summed E-state index contributed by atoms with van der Waals surface area (Å²) in [6.07, 6.45) is 3.24. The maximum Gasteiger partial charge on any atom is 0.143 e. The Bertz CT molecular complexity index is 1070. The van der Waals surface area contributed by atoms with Crippen molar-refractivity contribution >= 4 is 17.3 Å². The minimum atomic E-state index is 0.723. The van der Waals surface area contributed by atoms with Gasteiger partial charge in [0.1, 0.15) is 17.2 Å². The molecule has 4 heteroatoms. The van der Waals surface area contributed by atoms with Crippen LogP contribution >= 0.6 is 0 Å². The molecule has 4 rings (SSSR count). The Labute approximate surface area is 178 Å². The van der Waals surface area contributed by atoms with Gasteiger partial charge in [-0.05, 0) is 53.5 Å². The highest BCUT2D eigenvalue weighted by atomic mass is 16.5. The fourth-order valence-corrected chi connectivity index (χ4v) is 3.72. The molecule has 1 N–H and O–H groups in total. The third-order valence-electron chi connectivity index (χ3n) is 5.26. The molecule has 0 fully saturated rings. The van der Waals surface area contributed by atoms with Crippen molar-refractivity contribution in [1.29, 1.82) is 0 Å². The van der Waals surface area contributed by atoms with Crippen molar-refractivity contribution in [3.63, 3.8) is 0 Å². The first-order chi connectivity index (χ1) is 14.7. The molecule has 0 atom stereocenters. The van der Waals surface area contributed by atoms with Crippen LogP contribution in [0.25, 0.3) is 22.8 Å². The predicted molar refractivity (Wildman–Crippen MR) is 124 cm³/mol. The number of rotatable bonds is 7. The summed E-state index contributed by atoms with van der Waals surface area (Å²) >= 11 is 0. The maximum absolute atomic E-state index is 5.90. The average molecular weight is 402 g/mol. The van der Waals surface area contributed by atoms with E-state index < -0.39 is 0 Å². The normalized spacial score (nSPS) is 12.4. The average Bonchev–Trinajstić information content (AvgIpc) is 2.81. The molecule has 0 aromatic heterocycles. The van der Waals surface area contributed by atoms with Crippen molar-refractivity contribution in [2.24, 2.45) is 0 Å². The number of fused-ring (bicyclic) bond motifs is 1. The third kappa shape index (κ3) is 3.99. The van der Waals surface area contributed by atoms with Gasteiger partial charge in [-0.3, -0.25) is 0 Å². The quantitative estimate of drug-likeness (QED) is 0.517. The summed E-state index contributed by atoms with van der Waals surface area (Å²) in [6.45, 7) is 3.59. The number of nitrogens with one attached hydrogen (secondary N) is 1. The van der Waals surface area contributed by atoms with E-state index in [1.165, 1.54) is 11.1 Å². The molecule has 154 valence electrons. The number of benzene rings is 3. The molecular formula is C26H27NO3. The molecule has 0 unspecified atom stereocenters. The van der Waals surface area contributed by atoms with Crippen molar-refractivity contribution in [3.05, 3.63) is 71.8 Å². The Morgan fingerprint density at radius 3 is 2.50 bits per heavy atom. The van der Waals surface area contributed by atoms with Gasteiger partial charge in [-0.15, -0.1) is 0 Å². The van der Waals surface area contributed by atoms with E-state index in [2.05, 4.69) is 48.6 Å². The summed E-state index contributed by atoms with van der Waals surface area (Å²) in [5.41, 5.74) is 6.80. The predicted octanol–water partition coefficient (Wildman–Crippen LogP) is 6.13. The monoisotopic (exact) mass is 401 g/mol. The van der Waals surface area contributed by atoms with Gasteiger partial charge in [0.2, 0.25) is 0 Å². The molecular weight excluding hydrogens is 374 g/mol. The van der Waals surface area contributed by atoms with Crippen LogP contribution in [0, 0.1) is 0 Å². The van der Waals surface area contributed by atoms with Gasteiger partial charge in [-0.25, -0.2) is 0 Å². The molecule has 3 aromatic carbocycles. The first-order valence-electron chi connectivity index (χ1n) is 10.3. The van der Waals surface area contributed by atoms with E-state index in [0.717, 1.165) is 59.2 Å². The second kappa shape index (κ2) is 8.95. The zero-order valence-corrected chi connectivity index (χ0v) is 17.7. The van der Waals surface area contributed by atoms with Crippen LogP contribution in [0.5, 0.6) is 17.2 Å². The van der Waals surface area contributed by atoms with E-state index in [1.807, 2.05) is 30.3 Å². The van der Waals surface area contributed by atoms with Gasteiger partial charge >= 0.3 is 0 Å². The Kier molecular flexibility index (Phi) is 5.94. The molecule has 0 amide bonds. The highest BCUT2D eigenvalue weighted by molar-refractivity contribution is 5.93. The molecule has 1 aliphatic heterocycles. The lowest BCUT2D eigenvalue weighted by atomic mass is 9.95. The van der Waals surface area contributed by atoms with Crippen LogP contribution in [0.2, 0.25) is 0 Å². The fraction of sp³-hybridized carbons (Fsp3) is 0.231. The third-order valence-corrected chi connectivity index (χ3v) is 5.26. The van der Waals surface area contributed by atoms with E-state index in [0.29, 0.717) is 0 Å². The van der Waals surface area contributed by atoms with E-state index in [4.69, 9.17) is 14.2 Å². The molecule has 0 aliphatic carbocycles. The van der Waals surface area contributed by atoms with Gasteiger partial charge in [0.05, 0.1) is 26.5 Å². The minimum Gasteiger partial charge on any atom is -0.497 e. The number of hydrogen-bond acceptors (Lipinski definition) is 4. The summed E-state index contributed by atoms with van der Waals surface area (Å²) < 4.78 is 16.8. The second-order valence-electron chi connectivity index (χ2n) is 7.24. The van der Waals surface area contributed by atoms with E-state index in [1.54, 1.807) is 14.2 Å². The van der Waals surface area contributed by atoms with E-state index in [9.17, 15) is 0 Å². The Balaban J connectivity index is 1.68. The van der Waals surface area contributed by atoms with Crippen LogP contribution in [-0.2, 0) is 0 Å². The smallest absolute Gasteiger partial charge is 0.143 e. The number of methoxy groups -OCH3 is 2. The Hall–Kier alpha value is -3.40. The van der Waals surface area contributed by atoms with Crippen LogP contribution in [0.4, 0.5) is 5.69 Å². The van der Waals surface area contributed by atoms with Crippen LogP contribution in [0.3, 0.4) is 0 Å². The number of hydrogen-bond donors (Lipinski definition) is 1. The van der Waals surface area contributed by atoms with Crippen molar-refractivity contribution < 1.29 is 14.2 Å². The van der Waals surface area contributed by atoms with Gasteiger partial charge in [0.15, 0.2) is 0 Å². The van der Waals surface area contributed by atoms with Crippen molar-refractivity contribution in [1.82, 2.24) is 0 Å². The number of ether oxygens (including phenoxy) is 3. The zero-order chi connectivity index (χ0) is 20.9. The van der Waals surface area contributed by atoms with Gasteiger partial charge in [0.25, 0.3) is 0 Å². The minimum absolute atomic E-state index is 0.723. The summed E-state index contributed by atoms with van der Waals surface area (Å²) in [4.78, 5) is 0. The molecule has 0 bridgehead atoms. The molecule has 0 radical (unpaired) electrons. The van der Waals surface area contributed by atoms with Gasteiger partial charge < -0.3 is 19.5 Å². The highest BCUT2D eigenvalue weighted by Gasteiger charge is 2.16. The summed E-state index contributed by atoms with van der Waals surface area (Å²) in [5, 5.41) is 3.55. The SMILES string of the molecule is CCCOc1cccc2c1NCC(c1cccc(-c3ccc(OC)cc3OC)c1)=C2. The lowest BCUT2D eigenvalue weighted by molar-refractivity contribution is 0.319. The van der Waals surface area contributed by atoms with Crippen molar-refractivity contribution in [2.45, 2.75) is 13.3 Å². The van der Waals surface area contributed by atoms with Gasteiger partial charge in [-0.1, -0.05) is 37.3 Å². The van der Waals surface area contributed by atoms with Crippen LogP contribution < -0.4 is 19.5 Å². The zero-order valence-electron chi connectivity index (χ0n) is 17.7. The van der Waals surface area contributed by atoms with E-state index >= 15 is 0 Å². The summed E-state index contributed by atoms with van der Waals surface area (Å²) in [5.74, 6) is 2.50. The number of para-hydroxylation sites is 1. The van der Waals surface area contributed by atoms with Crippen molar-refractivity contribution in [2.75, 3.05) is 32.7 Å². The molecule has 4 nitrogen and oxygen atoms in total. The summed E-state index contributed by atoms with van der Waals surface area (Å²) in [7, 11) is 3.35. The molecule has 3 aromatic rings. The number of anilines is 1. The lowest BCUT2D eigenvalue weighted by Gasteiger charge is -2.22. The van der Waals surface area contributed by atoms with Crippen molar-refractivity contribution in [3.8, 4) is 28.4 Å². The van der Waals surface area contributed by atoms with E-state index in [-0.39, 0.29) is 0 Å². The first kappa shape index (κ1) is 19.9. The molecule has 1 aliphatic rings. The topological polar surface area (TPSA) is 39.7 Å². The Morgan fingerprint density at radius 2 is 1.70 bits per heavy atom. The van der Waals surface area contributed by atoms with Crippen LogP contribution in [-0.4, -0.2) is 27.4 Å². The molecule has 30 heavy (non-hydrogen) atoms. The van der Waals surface area contributed by atoms with Gasteiger partial charge in [-0.2, -0.15) is 0 Å². The lowest BCUT2D eigenvalue weighted by Crippen LogP contribution is -2.12. The standard InChI is InChI=1S/C26H27NO3/c1-4-13-30-24-10-6-9-20-15-21(17-27-26(20)24)18-7-5-8-19(14-18)23-12-11-22(28-2)16-25(23)29-3/h5-12,14-16,27H,4,13,17H2,1-3H3. The highest BCUT2D eigenvalue weighted by Crippen LogP contribution is 2.38. The largest absolute Gasteiger partial charge is 0.497 e. The van der Waals surface area contributed by atoms with Gasteiger partial charge in [0, 0.05) is 23.7 Å². The molecule has 0 saturated heterocycles. The second-order valence-corrected chi connectivity index (χ2v) is 7.24. The summed E-state index contributed by atoms with van der Waals surface area (Å²) in [6, 6.07) is 20.7. The van der Waals surface area contributed by atoms with Crippen LogP contribution in [0.1, 0.15) is 24.5 Å².